The van der Waals surface area contributed by atoms with Crippen LogP contribution in [0, 0.1) is 5.82 Å². The number of hydrogen-bond donors (Lipinski definition) is 1. The zero-order chi connectivity index (χ0) is 23.8. The number of furan rings is 1. The number of carbonyl (C=O) groups excluding carboxylic acids is 1. The highest BCUT2D eigenvalue weighted by Crippen LogP contribution is 2.38. The molecule has 0 radical (unpaired) electrons. The average molecular weight is 461 g/mol. The third-order valence-corrected chi connectivity index (χ3v) is 5.67. The number of hydrogen-bond acceptors (Lipinski definition) is 3. The van der Waals surface area contributed by atoms with E-state index in [4.69, 9.17) is 9.15 Å². The van der Waals surface area contributed by atoms with E-state index >= 15 is 0 Å². The number of fused-ring (bicyclic) bond motifs is 3. The summed E-state index contributed by atoms with van der Waals surface area (Å²) >= 11 is 0. The fourth-order valence-electron chi connectivity index (χ4n) is 4.15. The van der Waals surface area contributed by atoms with E-state index in [1.807, 2.05) is 19.1 Å². The molecule has 0 spiro atoms. The number of anilines is 1. The molecule has 0 unspecified atom stereocenters. The number of halogens is 4. The maximum atomic E-state index is 13.5. The minimum Gasteiger partial charge on any atom is -0.493 e. The molecular formula is C25H23F4NO3. The molecule has 174 valence electrons. The Morgan fingerprint density at radius 2 is 1.94 bits per heavy atom. The van der Waals surface area contributed by atoms with Crippen molar-refractivity contribution >= 4 is 28.1 Å². The first-order chi connectivity index (χ1) is 15.7. The van der Waals surface area contributed by atoms with E-state index in [9.17, 15) is 22.4 Å². The number of alkyl halides is 3. The lowest BCUT2D eigenvalue weighted by atomic mass is 9.94. The molecule has 1 aliphatic rings. The van der Waals surface area contributed by atoms with Gasteiger partial charge in [-0.15, -0.1) is 0 Å². The Labute approximate surface area is 188 Å². The molecule has 3 aromatic rings. The number of amides is 1. The Hall–Kier alpha value is -3.29. The van der Waals surface area contributed by atoms with Crippen LogP contribution in [-0.2, 0) is 23.8 Å². The molecule has 0 bridgehead atoms. The predicted molar refractivity (Wildman–Crippen MR) is 118 cm³/mol. The maximum absolute atomic E-state index is 13.5. The molecule has 0 fully saturated rings. The van der Waals surface area contributed by atoms with E-state index in [0.29, 0.717) is 35.6 Å². The summed E-state index contributed by atoms with van der Waals surface area (Å²) < 4.78 is 64.1. The number of ether oxygens (including phenoxy) is 1. The highest BCUT2D eigenvalue weighted by atomic mass is 19.4. The van der Waals surface area contributed by atoms with Crippen LogP contribution in [0.4, 0.5) is 23.2 Å². The zero-order valence-corrected chi connectivity index (χ0v) is 18.2. The van der Waals surface area contributed by atoms with Gasteiger partial charge in [-0.05, 0) is 62.9 Å². The van der Waals surface area contributed by atoms with Gasteiger partial charge in [0.1, 0.15) is 22.9 Å². The van der Waals surface area contributed by atoms with Gasteiger partial charge in [0.15, 0.2) is 0 Å². The molecule has 0 atom stereocenters. The fraction of sp³-hybridized carbons (Fsp3) is 0.320. The van der Waals surface area contributed by atoms with Crippen LogP contribution in [0.15, 0.2) is 40.8 Å². The smallest absolute Gasteiger partial charge is 0.419 e. The predicted octanol–water partition coefficient (Wildman–Crippen LogP) is 6.91. The van der Waals surface area contributed by atoms with Crippen LogP contribution in [0.25, 0.3) is 16.5 Å². The van der Waals surface area contributed by atoms with Gasteiger partial charge in [-0.1, -0.05) is 0 Å². The monoisotopic (exact) mass is 461 g/mol. The summed E-state index contributed by atoms with van der Waals surface area (Å²) in [6.07, 6.45) is 0.397. The third kappa shape index (κ3) is 4.74. The van der Waals surface area contributed by atoms with Crippen molar-refractivity contribution in [3.8, 4) is 5.75 Å². The van der Waals surface area contributed by atoms with Crippen molar-refractivity contribution < 1.29 is 31.5 Å². The molecule has 1 aliphatic carbocycles. The van der Waals surface area contributed by atoms with Crippen molar-refractivity contribution in [2.24, 2.45) is 0 Å². The lowest BCUT2D eigenvalue weighted by molar-refractivity contribution is -0.140. The molecular weight excluding hydrogens is 438 g/mol. The largest absolute Gasteiger partial charge is 0.493 e. The van der Waals surface area contributed by atoms with Gasteiger partial charge < -0.3 is 14.5 Å². The summed E-state index contributed by atoms with van der Waals surface area (Å²) in [5, 5.41) is 3.35. The highest BCUT2D eigenvalue weighted by Gasteiger charge is 2.34. The molecule has 0 saturated heterocycles. The van der Waals surface area contributed by atoms with E-state index in [-0.39, 0.29) is 5.69 Å². The van der Waals surface area contributed by atoms with Crippen LogP contribution in [0.3, 0.4) is 0 Å². The molecule has 0 saturated carbocycles. The Balaban J connectivity index is 1.66. The molecule has 1 amide bonds. The van der Waals surface area contributed by atoms with E-state index in [1.165, 1.54) is 11.6 Å². The number of nitrogens with one attached hydrogen (secondary N) is 1. The summed E-state index contributed by atoms with van der Waals surface area (Å²) in [7, 11) is 0. The Bertz CT molecular complexity index is 1240. The van der Waals surface area contributed by atoms with Gasteiger partial charge >= 0.3 is 6.18 Å². The van der Waals surface area contributed by atoms with Crippen LogP contribution in [0.1, 0.15) is 49.1 Å². The molecule has 0 aliphatic heterocycles. The van der Waals surface area contributed by atoms with Crippen molar-refractivity contribution in [1.29, 1.82) is 0 Å². The zero-order valence-electron chi connectivity index (χ0n) is 18.2. The van der Waals surface area contributed by atoms with Crippen molar-refractivity contribution in [3.05, 3.63) is 64.7 Å². The first-order valence-electron chi connectivity index (χ1n) is 10.7. The van der Waals surface area contributed by atoms with Crippen LogP contribution in [0.2, 0.25) is 0 Å². The second kappa shape index (κ2) is 8.92. The normalized spacial score (nSPS) is 14.3. The summed E-state index contributed by atoms with van der Waals surface area (Å²) in [5.74, 6) is -0.500. The molecule has 8 heteroatoms. The SMILES string of the molecule is CCOc1cc2oc3c(c2cc1/C(C)=C/C(=O)Nc1ccc(F)c(C(F)(F)F)c1)CCCC3. The van der Waals surface area contributed by atoms with Crippen molar-refractivity contribution in [2.45, 2.75) is 45.7 Å². The van der Waals surface area contributed by atoms with Crippen LogP contribution >= 0.6 is 0 Å². The van der Waals surface area contributed by atoms with Gasteiger partial charge in [0, 0.05) is 40.8 Å². The summed E-state index contributed by atoms with van der Waals surface area (Å²) in [5.41, 5.74) is 1.59. The Kier molecular flexibility index (Phi) is 6.19. The van der Waals surface area contributed by atoms with Crippen molar-refractivity contribution in [1.82, 2.24) is 0 Å². The quantitative estimate of drug-likeness (QED) is 0.332. The molecule has 1 aromatic heterocycles. The standard InChI is InChI=1S/C25H23F4NO3/c1-3-32-22-13-23-18(16-6-4-5-7-21(16)33-23)12-17(22)14(2)10-24(31)30-15-8-9-20(26)19(11-15)25(27,28)29/h8-13H,3-7H2,1-2H3,(H,30,31)/b14-10+. The second-order valence-electron chi connectivity index (χ2n) is 8.00. The van der Waals surface area contributed by atoms with Gasteiger partial charge in [0.2, 0.25) is 5.91 Å². The van der Waals surface area contributed by atoms with Gasteiger partial charge in [0.25, 0.3) is 0 Å². The number of aryl methyl sites for hydroxylation is 2. The highest BCUT2D eigenvalue weighted by molar-refractivity contribution is 6.04. The molecule has 4 nitrogen and oxygen atoms in total. The number of carbonyl (C=O) groups is 1. The lowest BCUT2D eigenvalue weighted by Gasteiger charge is -2.13. The maximum Gasteiger partial charge on any atom is 0.419 e. The van der Waals surface area contributed by atoms with E-state index in [0.717, 1.165) is 48.5 Å². The van der Waals surface area contributed by atoms with Crippen molar-refractivity contribution in [2.75, 3.05) is 11.9 Å². The summed E-state index contributed by atoms with van der Waals surface area (Å²) in [4.78, 5) is 12.5. The number of benzene rings is 2. The van der Waals surface area contributed by atoms with Crippen LogP contribution in [-0.4, -0.2) is 12.5 Å². The topological polar surface area (TPSA) is 51.5 Å². The minimum absolute atomic E-state index is 0.151. The first-order valence-corrected chi connectivity index (χ1v) is 10.7. The van der Waals surface area contributed by atoms with Crippen LogP contribution in [0.5, 0.6) is 5.75 Å². The Morgan fingerprint density at radius 1 is 1.18 bits per heavy atom. The Morgan fingerprint density at radius 3 is 2.67 bits per heavy atom. The third-order valence-electron chi connectivity index (χ3n) is 5.67. The molecule has 1 N–H and O–H groups in total. The van der Waals surface area contributed by atoms with Crippen LogP contribution < -0.4 is 10.1 Å². The second-order valence-corrected chi connectivity index (χ2v) is 8.00. The van der Waals surface area contributed by atoms with Gasteiger partial charge in [-0.25, -0.2) is 4.39 Å². The van der Waals surface area contributed by atoms with E-state index in [2.05, 4.69) is 5.32 Å². The van der Waals surface area contributed by atoms with Gasteiger partial charge in [-0.2, -0.15) is 13.2 Å². The van der Waals surface area contributed by atoms with E-state index < -0.39 is 23.5 Å². The number of allylic oxidation sites excluding steroid dienone is 1. The fourth-order valence-corrected chi connectivity index (χ4v) is 4.15. The molecule has 4 rings (SSSR count). The summed E-state index contributed by atoms with van der Waals surface area (Å²) in [6, 6.07) is 6.09. The average Bonchev–Trinajstić information content (AvgIpc) is 3.11. The lowest BCUT2D eigenvalue weighted by Crippen LogP contribution is -2.12. The number of rotatable bonds is 5. The summed E-state index contributed by atoms with van der Waals surface area (Å²) in [6.45, 7) is 3.98. The van der Waals surface area contributed by atoms with Gasteiger partial charge in [-0.3, -0.25) is 4.79 Å². The minimum atomic E-state index is -4.86. The van der Waals surface area contributed by atoms with E-state index in [1.54, 1.807) is 6.92 Å². The van der Waals surface area contributed by atoms with Gasteiger partial charge in [0.05, 0.1) is 12.2 Å². The molecule has 2 aromatic carbocycles. The molecule has 1 heterocycles. The van der Waals surface area contributed by atoms with Crippen molar-refractivity contribution in [3.63, 3.8) is 0 Å². The molecule has 33 heavy (non-hydrogen) atoms. The first kappa shape index (κ1) is 22.9.